The summed E-state index contributed by atoms with van der Waals surface area (Å²) in [6, 6.07) is 14.5. The van der Waals surface area contributed by atoms with Crippen LogP contribution in [0.3, 0.4) is 0 Å². The molecule has 88 valence electrons. The van der Waals surface area contributed by atoms with Crippen LogP contribution in [0.2, 0.25) is 5.02 Å². The van der Waals surface area contributed by atoms with Crippen LogP contribution in [0.25, 0.3) is 16.9 Å². The number of rotatable bonds is 1. The molecule has 0 radical (unpaired) electrons. The fraction of sp³-hybridized carbons (Fsp3) is 0. The van der Waals surface area contributed by atoms with E-state index in [-0.39, 0.29) is 5.56 Å². The fourth-order valence-corrected chi connectivity index (χ4v) is 1.99. The van der Waals surface area contributed by atoms with Crippen LogP contribution in [0.5, 0.6) is 0 Å². The first kappa shape index (κ1) is 11.0. The molecule has 0 aliphatic carbocycles. The molecule has 0 atom stereocenters. The Kier molecular flexibility index (Phi) is 2.61. The molecule has 0 unspecified atom stereocenters. The molecule has 4 heteroatoms. The van der Waals surface area contributed by atoms with Crippen LogP contribution in [0, 0.1) is 0 Å². The number of halogens is 1. The molecule has 0 saturated carbocycles. The van der Waals surface area contributed by atoms with Gasteiger partial charge in [0.05, 0.1) is 5.69 Å². The molecule has 0 spiro atoms. The van der Waals surface area contributed by atoms with Crippen molar-refractivity contribution >= 4 is 17.2 Å². The minimum atomic E-state index is -0.115. The first-order valence-corrected chi connectivity index (χ1v) is 5.86. The third-order valence-electron chi connectivity index (χ3n) is 2.70. The summed E-state index contributed by atoms with van der Waals surface area (Å²) < 4.78 is 1.47. The van der Waals surface area contributed by atoms with Gasteiger partial charge in [-0.1, -0.05) is 41.9 Å². The zero-order chi connectivity index (χ0) is 12.5. The van der Waals surface area contributed by atoms with Gasteiger partial charge in [-0.25, -0.2) is 4.98 Å². The summed E-state index contributed by atoms with van der Waals surface area (Å²) in [7, 11) is 0. The summed E-state index contributed by atoms with van der Waals surface area (Å²) in [5, 5.41) is 0.562. The van der Waals surface area contributed by atoms with Gasteiger partial charge in [-0.05, 0) is 6.07 Å². The number of hydrogen-bond acceptors (Lipinski definition) is 2. The van der Waals surface area contributed by atoms with Gasteiger partial charge in [-0.15, -0.1) is 0 Å². The Hall–Kier alpha value is -2.13. The van der Waals surface area contributed by atoms with E-state index in [1.165, 1.54) is 10.5 Å². The molecule has 0 saturated heterocycles. The van der Waals surface area contributed by atoms with E-state index in [9.17, 15) is 4.79 Å². The lowest BCUT2D eigenvalue weighted by molar-refractivity contribution is 1.05. The van der Waals surface area contributed by atoms with Gasteiger partial charge in [0, 0.05) is 28.9 Å². The monoisotopic (exact) mass is 256 g/mol. The van der Waals surface area contributed by atoms with Crippen molar-refractivity contribution in [1.82, 2.24) is 9.38 Å². The van der Waals surface area contributed by atoms with E-state index in [4.69, 9.17) is 11.6 Å². The Balaban J connectivity index is 2.30. The highest BCUT2D eigenvalue weighted by Gasteiger charge is 2.04. The minimum absolute atomic E-state index is 0.115. The van der Waals surface area contributed by atoms with Gasteiger partial charge in [0.1, 0.15) is 5.65 Å². The second-order valence-corrected chi connectivity index (χ2v) is 4.36. The average Bonchev–Trinajstić information content (AvgIpc) is 2.39. The van der Waals surface area contributed by atoms with Crippen molar-refractivity contribution in [3.05, 3.63) is 70.1 Å². The highest BCUT2D eigenvalue weighted by atomic mass is 35.5. The van der Waals surface area contributed by atoms with E-state index >= 15 is 0 Å². The van der Waals surface area contributed by atoms with Crippen molar-refractivity contribution in [1.29, 1.82) is 0 Å². The van der Waals surface area contributed by atoms with Gasteiger partial charge >= 0.3 is 0 Å². The van der Waals surface area contributed by atoms with E-state index in [0.29, 0.717) is 16.4 Å². The summed E-state index contributed by atoms with van der Waals surface area (Å²) >= 11 is 5.91. The Morgan fingerprint density at radius 3 is 2.61 bits per heavy atom. The maximum absolute atomic E-state index is 12.0. The molecule has 18 heavy (non-hydrogen) atoms. The van der Waals surface area contributed by atoms with Crippen molar-refractivity contribution in [2.45, 2.75) is 0 Å². The zero-order valence-corrected chi connectivity index (χ0v) is 10.1. The van der Waals surface area contributed by atoms with Crippen molar-refractivity contribution < 1.29 is 0 Å². The van der Waals surface area contributed by atoms with Crippen LogP contribution in [0.4, 0.5) is 0 Å². The maximum Gasteiger partial charge on any atom is 0.258 e. The number of benzene rings is 1. The number of aromatic nitrogens is 2. The molecule has 3 rings (SSSR count). The van der Waals surface area contributed by atoms with E-state index < -0.39 is 0 Å². The SMILES string of the molecule is O=c1cc(-c2ccccc2)nc2cc(Cl)ccn12. The van der Waals surface area contributed by atoms with Gasteiger partial charge in [0.15, 0.2) is 0 Å². The van der Waals surface area contributed by atoms with Crippen LogP contribution >= 0.6 is 11.6 Å². The molecule has 0 bridgehead atoms. The molecule has 0 aliphatic rings. The Labute approximate surface area is 108 Å². The summed E-state index contributed by atoms with van der Waals surface area (Å²) in [4.78, 5) is 16.4. The Morgan fingerprint density at radius 1 is 1.06 bits per heavy atom. The molecule has 3 aromatic rings. The molecule has 2 heterocycles. The lowest BCUT2D eigenvalue weighted by Crippen LogP contribution is -2.13. The van der Waals surface area contributed by atoms with E-state index in [1.54, 1.807) is 18.3 Å². The lowest BCUT2D eigenvalue weighted by atomic mass is 10.1. The number of nitrogens with zero attached hydrogens (tertiary/aromatic N) is 2. The standard InChI is InChI=1S/C14H9ClN2O/c15-11-6-7-17-13(8-11)16-12(9-14(17)18)10-4-2-1-3-5-10/h1-9H. The molecule has 0 fully saturated rings. The van der Waals surface area contributed by atoms with Crippen LogP contribution in [-0.4, -0.2) is 9.38 Å². The molecule has 3 nitrogen and oxygen atoms in total. The van der Waals surface area contributed by atoms with Crippen molar-refractivity contribution in [3.8, 4) is 11.3 Å². The highest BCUT2D eigenvalue weighted by molar-refractivity contribution is 6.30. The van der Waals surface area contributed by atoms with Gasteiger partial charge in [-0.2, -0.15) is 0 Å². The van der Waals surface area contributed by atoms with Gasteiger partial charge < -0.3 is 0 Å². The van der Waals surface area contributed by atoms with E-state index in [1.807, 2.05) is 30.3 Å². The zero-order valence-electron chi connectivity index (χ0n) is 9.38. The van der Waals surface area contributed by atoms with E-state index in [0.717, 1.165) is 5.56 Å². The Bertz CT molecular complexity index is 766. The minimum Gasteiger partial charge on any atom is -0.269 e. The molecule has 0 amide bonds. The van der Waals surface area contributed by atoms with Gasteiger partial charge in [-0.3, -0.25) is 9.20 Å². The van der Waals surface area contributed by atoms with Crippen molar-refractivity contribution in [2.24, 2.45) is 0 Å². The summed E-state index contributed by atoms with van der Waals surface area (Å²) in [5.41, 5.74) is 2.00. The second-order valence-electron chi connectivity index (χ2n) is 3.92. The molecular weight excluding hydrogens is 248 g/mol. The van der Waals surface area contributed by atoms with Gasteiger partial charge in [0.25, 0.3) is 5.56 Å². The lowest BCUT2D eigenvalue weighted by Gasteiger charge is -2.04. The first-order chi connectivity index (χ1) is 8.74. The van der Waals surface area contributed by atoms with Crippen LogP contribution in [0.15, 0.2) is 59.5 Å². The number of fused-ring (bicyclic) bond motifs is 1. The smallest absolute Gasteiger partial charge is 0.258 e. The van der Waals surface area contributed by atoms with Crippen LogP contribution < -0.4 is 5.56 Å². The number of hydrogen-bond donors (Lipinski definition) is 0. The first-order valence-electron chi connectivity index (χ1n) is 5.48. The van der Waals surface area contributed by atoms with Crippen LogP contribution in [0.1, 0.15) is 0 Å². The average molecular weight is 257 g/mol. The highest BCUT2D eigenvalue weighted by Crippen LogP contribution is 2.16. The van der Waals surface area contributed by atoms with Crippen molar-refractivity contribution in [2.75, 3.05) is 0 Å². The molecule has 1 aromatic carbocycles. The third kappa shape index (κ3) is 1.89. The third-order valence-corrected chi connectivity index (χ3v) is 2.93. The normalized spacial score (nSPS) is 10.7. The van der Waals surface area contributed by atoms with E-state index in [2.05, 4.69) is 4.98 Å². The molecule has 2 aromatic heterocycles. The largest absolute Gasteiger partial charge is 0.269 e. The second kappa shape index (κ2) is 4.27. The summed E-state index contributed by atoms with van der Waals surface area (Å²) in [5.74, 6) is 0. The Morgan fingerprint density at radius 2 is 1.83 bits per heavy atom. The predicted octanol–water partition coefficient (Wildman–Crippen LogP) is 3.01. The number of pyridine rings is 1. The topological polar surface area (TPSA) is 34.4 Å². The fourth-order valence-electron chi connectivity index (χ4n) is 1.83. The van der Waals surface area contributed by atoms with Gasteiger partial charge in [0.2, 0.25) is 0 Å². The summed E-state index contributed by atoms with van der Waals surface area (Å²) in [6.07, 6.45) is 1.63. The molecule has 0 aliphatic heterocycles. The predicted molar refractivity (Wildman–Crippen MR) is 71.9 cm³/mol. The summed E-state index contributed by atoms with van der Waals surface area (Å²) in [6.45, 7) is 0. The quantitative estimate of drug-likeness (QED) is 0.671. The maximum atomic E-state index is 12.0. The van der Waals surface area contributed by atoms with Crippen LogP contribution in [-0.2, 0) is 0 Å². The molecule has 0 N–H and O–H groups in total. The van der Waals surface area contributed by atoms with Crippen molar-refractivity contribution in [3.63, 3.8) is 0 Å². The molecular formula is C14H9ClN2O.